The largest absolute Gasteiger partial charge is 0.481 e. The van der Waals surface area contributed by atoms with Crippen molar-refractivity contribution in [3.05, 3.63) is 30.3 Å². The zero-order chi connectivity index (χ0) is 17.1. The van der Waals surface area contributed by atoms with Crippen molar-refractivity contribution >= 4 is 23.9 Å². The fourth-order valence-electron chi connectivity index (χ4n) is 2.35. The van der Waals surface area contributed by atoms with Gasteiger partial charge in [-0.25, -0.2) is 9.59 Å². The van der Waals surface area contributed by atoms with Crippen molar-refractivity contribution in [2.45, 2.75) is 12.2 Å². The Labute approximate surface area is 129 Å². The van der Waals surface area contributed by atoms with E-state index in [2.05, 4.69) is 0 Å². The Kier molecular flexibility index (Phi) is 4.60. The first-order chi connectivity index (χ1) is 10.8. The number of ether oxygens (including phenoxy) is 2. The fourth-order valence-corrected chi connectivity index (χ4v) is 2.35. The Balaban J connectivity index is 2.29. The van der Waals surface area contributed by atoms with Crippen LogP contribution in [-0.2, 0) is 23.9 Å². The van der Waals surface area contributed by atoms with Crippen molar-refractivity contribution in [2.24, 2.45) is 11.8 Å². The second-order valence-corrected chi connectivity index (χ2v) is 4.78. The van der Waals surface area contributed by atoms with Crippen LogP contribution < -0.4 is 4.74 Å². The van der Waals surface area contributed by atoms with Crippen LogP contribution >= 0.6 is 0 Å². The molecule has 4 unspecified atom stereocenters. The zero-order valence-electron chi connectivity index (χ0n) is 11.5. The Morgan fingerprint density at radius 1 is 0.826 bits per heavy atom. The van der Waals surface area contributed by atoms with Crippen LogP contribution in [0.2, 0.25) is 0 Å². The van der Waals surface area contributed by atoms with Crippen molar-refractivity contribution in [3.63, 3.8) is 0 Å². The van der Waals surface area contributed by atoms with E-state index in [1.165, 1.54) is 12.1 Å². The lowest BCUT2D eigenvalue weighted by atomic mass is 9.87. The summed E-state index contributed by atoms with van der Waals surface area (Å²) in [5.74, 6) is -9.85. The summed E-state index contributed by atoms with van der Waals surface area (Å²) < 4.78 is 9.79. The van der Waals surface area contributed by atoms with Gasteiger partial charge in [-0.2, -0.15) is 0 Å². The minimum atomic E-state index is -1.96. The summed E-state index contributed by atoms with van der Waals surface area (Å²) in [5, 5.41) is 27.2. The zero-order valence-corrected chi connectivity index (χ0v) is 11.5. The average molecular weight is 324 g/mol. The Morgan fingerprint density at radius 2 is 1.35 bits per heavy atom. The Bertz CT molecular complexity index is 639. The Hall–Kier alpha value is -2.94. The highest BCUT2D eigenvalue weighted by Gasteiger charge is 2.58. The van der Waals surface area contributed by atoms with Gasteiger partial charge in [0.15, 0.2) is 12.2 Å². The molecule has 0 aliphatic carbocycles. The molecule has 1 saturated heterocycles. The van der Waals surface area contributed by atoms with Gasteiger partial charge in [-0.3, -0.25) is 9.59 Å². The number of carbonyl (C=O) groups excluding carboxylic acids is 1. The van der Waals surface area contributed by atoms with Crippen LogP contribution in [0.4, 0.5) is 0 Å². The molecule has 1 aromatic carbocycles. The van der Waals surface area contributed by atoms with Crippen LogP contribution in [0.15, 0.2) is 30.3 Å². The third-order valence-electron chi connectivity index (χ3n) is 3.34. The molecule has 3 N–H and O–H groups in total. The minimum Gasteiger partial charge on any atom is -0.481 e. The molecule has 9 nitrogen and oxygen atoms in total. The normalized spacial score (nSPS) is 26.4. The van der Waals surface area contributed by atoms with E-state index in [-0.39, 0.29) is 5.75 Å². The van der Waals surface area contributed by atoms with Gasteiger partial charge in [0.05, 0.1) is 0 Å². The predicted molar refractivity (Wildman–Crippen MR) is 70.6 cm³/mol. The molecule has 0 spiro atoms. The predicted octanol–water partition coefficient (Wildman–Crippen LogP) is -0.154. The van der Waals surface area contributed by atoms with Crippen LogP contribution in [-0.4, -0.2) is 51.4 Å². The molecule has 0 aromatic heterocycles. The van der Waals surface area contributed by atoms with Gasteiger partial charge in [0.25, 0.3) is 0 Å². The maximum atomic E-state index is 12.1. The van der Waals surface area contributed by atoms with E-state index in [0.717, 1.165) is 0 Å². The summed E-state index contributed by atoms with van der Waals surface area (Å²) in [5.41, 5.74) is 0. The highest BCUT2D eigenvalue weighted by molar-refractivity contribution is 5.93. The molecule has 4 atom stereocenters. The fraction of sp³-hybridized carbons (Fsp3) is 0.286. The minimum absolute atomic E-state index is 0.0934. The first-order valence-electron chi connectivity index (χ1n) is 6.43. The molecule has 2 rings (SSSR count). The van der Waals surface area contributed by atoms with Gasteiger partial charge < -0.3 is 24.8 Å². The molecule has 9 heteroatoms. The van der Waals surface area contributed by atoms with Crippen LogP contribution in [0.3, 0.4) is 0 Å². The van der Waals surface area contributed by atoms with Crippen LogP contribution in [0.25, 0.3) is 0 Å². The number of rotatable bonds is 5. The molecule has 122 valence electrons. The van der Waals surface area contributed by atoms with Crippen LogP contribution in [0, 0.1) is 11.8 Å². The van der Waals surface area contributed by atoms with E-state index in [9.17, 15) is 24.3 Å². The summed E-state index contributed by atoms with van der Waals surface area (Å²) in [7, 11) is 0. The molecule has 1 fully saturated rings. The quantitative estimate of drug-likeness (QED) is 0.496. The van der Waals surface area contributed by atoms with Crippen molar-refractivity contribution < 1.29 is 44.0 Å². The molecular formula is C14H12O9. The molecular weight excluding hydrogens is 312 g/mol. The van der Waals surface area contributed by atoms with Crippen molar-refractivity contribution in [1.82, 2.24) is 0 Å². The summed E-state index contributed by atoms with van der Waals surface area (Å²) in [4.78, 5) is 45.7. The molecule has 1 aliphatic heterocycles. The van der Waals surface area contributed by atoms with E-state index in [0.29, 0.717) is 0 Å². The number of carboxylic acids is 3. The van der Waals surface area contributed by atoms with Gasteiger partial charge in [0, 0.05) is 0 Å². The third-order valence-corrected chi connectivity index (χ3v) is 3.34. The number of carboxylic acid groups (broad SMARTS) is 3. The van der Waals surface area contributed by atoms with E-state index < -0.39 is 47.9 Å². The standard InChI is InChI=1S/C14H12O9/c15-11(16)7-8(12(17)18)10(23-9(7)13(19)20)14(21)22-6-4-2-1-3-5-6/h1-5,7-10H,(H,15,16)(H,17,18)(H,19,20). The second-order valence-electron chi connectivity index (χ2n) is 4.78. The van der Waals surface area contributed by atoms with Gasteiger partial charge in [-0.05, 0) is 12.1 Å². The van der Waals surface area contributed by atoms with Gasteiger partial charge >= 0.3 is 23.9 Å². The number of esters is 1. The van der Waals surface area contributed by atoms with Crippen molar-refractivity contribution in [3.8, 4) is 5.75 Å². The van der Waals surface area contributed by atoms with Crippen LogP contribution in [0.1, 0.15) is 0 Å². The molecule has 0 amide bonds. The number of benzene rings is 1. The van der Waals surface area contributed by atoms with Gasteiger partial charge in [-0.1, -0.05) is 18.2 Å². The maximum absolute atomic E-state index is 12.1. The van der Waals surface area contributed by atoms with Gasteiger partial charge in [0.2, 0.25) is 0 Å². The van der Waals surface area contributed by atoms with Crippen molar-refractivity contribution in [1.29, 1.82) is 0 Å². The van der Waals surface area contributed by atoms with E-state index in [4.69, 9.17) is 19.7 Å². The topological polar surface area (TPSA) is 147 Å². The lowest BCUT2D eigenvalue weighted by molar-refractivity contribution is -0.162. The SMILES string of the molecule is O=C(O)C1OC(C(=O)Oc2ccccc2)C(C(=O)O)C1C(=O)O. The first kappa shape index (κ1) is 16.4. The first-order valence-corrected chi connectivity index (χ1v) is 6.43. The second kappa shape index (κ2) is 6.44. The summed E-state index contributed by atoms with van der Waals surface area (Å²) in [6.45, 7) is 0. The highest BCUT2D eigenvalue weighted by atomic mass is 16.6. The monoisotopic (exact) mass is 324 g/mol. The summed E-state index contributed by atoms with van der Waals surface area (Å²) in [6.07, 6.45) is -3.79. The molecule has 23 heavy (non-hydrogen) atoms. The van der Waals surface area contributed by atoms with Gasteiger partial charge in [-0.15, -0.1) is 0 Å². The number of aliphatic carboxylic acids is 3. The number of carbonyl (C=O) groups is 4. The third kappa shape index (κ3) is 3.29. The summed E-state index contributed by atoms with van der Waals surface area (Å²) in [6, 6.07) is 7.63. The number of hydrogen-bond donors (Lipinski definition) is 3. The number of hydrogen-bond acceptors (Lipinski definition) is 6. The summed E-state index contributed by atoms with van der Waals surface area (Å²) >= 11 is 0. The van der Waals surface area contributed by atoms with E-state index >= 15 is 0 Å². The Morgan fingerprint density at radius 3 is 1.83 bits per heavy atom. The highest BCUT2D eigenvalue weighted by Crippen LogP contribution is 2.34. The van der Waals surface area contributed by atoms with Crippen LogP contribution in [0.5, 0.6) is 5.75 Å². The molecule has 1 aromatic rings. The maximum Gasteiger partial charge on any atom is 0.341 e. The molecule has 1 heterocycles. The lowest BCUT2D eigenvalue weighted by Crippen LogP contribution is -2.40. The van der Waals surface area contributed by atoms with Crippen molar-refractivity contribution in [2.75, 3.05) is 0 Å². The molecule has 1 aliphatic rings. The average Bonchev–Trinajstić information content (AvgIpc) is 2.89. The van der Waals surface area contributed by atoms with E-state index in [1.54, 1.807) is 18.2 Å². The molecule has 0 radical (unpaired) electrons. The molecule has 0 saturated carbocycles. The van der Waals surface area contributed by atoms with Gasteiger partial charge in [0.1, 0.15) is 17.6 Å². The number of para-hydroxylation sites is 1. The lowest BCUT2D eigenvalue weighted by Gasteiger charge is -2.15. The smallest absolute Gasteiger partial charge is 0.341 e. The van der Waals surface area contributed by atoms with E-state index in [1.807, 2.05) is 0 Å². The molecule has 0 bridgehead atoms.